The second-order valence-corrected chi connectivity index (χ2v) is 6.39. The molecule has 1 atom stereocenters. The van der Waals surface area contributed by atoms with Crippen molar-refractivity contribution in [1.82, 2.24) is 14.8 Å². The molecule has 116 valence electrons. The van der Waals surface area contributed by atoms with E-state index >= 15 is 0 Å². The molecule has 1 aliphatic rings. The van der Waals surface area contributed by atoms with E-state index < -0.39 is 0 Å². The van der Waals surface area contributed by atoms with Gasteiger partial charge < -0.3 is 14.8 Å². The highest BCUT2D eigenvalue weighted by molar-refractivity contribution is 7.99. The first-order chi connectivity index (χ1) is 10.6. The smallest absolute Gasteiger partial charge is 0.257 e. The molecule has 2 aromatic rings. The fourth-order valence-corrected chi connectivity index (χ4v) is 3.82. The van der Waals surface area contributed by atoms with Gasteiger partial charge in [-0.2, -0.15) is 0 Å². The van der Waals surface area contributed by atoms with Crippen molar-refractivity contribution < 1.29 is 9.59 Å². The van der Waals surface area contributed by atoms with Gasteiger partial charge in [-0.25, -0.2) is 0 Å². The fraction of sp³-hybridized carbons (Fsp3) is 0.375. The van der Waals surface area contributed by atoms with E-state index in [1.165, 1.54) is 0 Å². The lowest BCUT2D eigenvalue weighted by molar-refractivity contribution is -0.133. The third-order valence-electron chi connectivity index (χ3n) is 4.10. The van der Waals surface area contributed by atoms with Crippen LogP contribution in [-0.4, -0.2) is 57.9 Å². The summed E-state index contributed by atoms with van der Waals surface area (Å²) in [6.07, 6.45) is 1.83. The number of H-pyrrole nitrogens is 1. The number of benzene rings is 1. The van der Waals surface area contributed by atoms with Crippen LogP contribution in [0.15, 0.2) is 30.5 Å². The quantitative estimate of drug-likeness (QED) is 0.944. The molecule has 3 rings (SSSR count). The number of likely N-dealkylation sites (N-methyl/N-ethyl adjacent to an activating group) is 1. The summed E-state index contributed by atoms with van der Waals surface area (Å²) in [6, 6.07) is 7.23. The molecule has 0 saturated carbocycles. The molecule has 1 aromatic carbocycles. The molecular weight excluding hydrogens is 298 g/mol. The molecule has 5 nitrogen and oxygen atoms in total. The molecule has 22 heavy (non-hydrogen) atoms. The Hall–Kier alpha value is -1.95. The maximum atomic E-state index is 12.9. The molecule has 1 aliphatic heterocycles. The summed E-state index contributed by atoms with van der Waals surface area (Å²) in [7, 11) is 1.78. The standard InChI is InChI=1S/C16H19N3O2S/c1-3-18(2)16(21)13-9-22-10-19(13)15(20)12-6-4-5-11-7-8-17-14(11)12/h4-8,13,17H,3,9-10H2,1-2H3/t13-/m0/s1. The number of aromatic nitrogens is 1. The van der Waals surface area contributed by atoms with E-state index in [4.69, 9.17) is 0 Å². The number of carbonyl (C=O) groups is 2. The van der Waals surface area contributed by atoms with Gasteiger partial charge in [0.25, 0.3) is 5.91 Å². The normalized spacial score (nSPS) is 17.9. The van der Waals surface area contributed by atoms with Crippen LogP contribution in [0.1, 0.15) is 17.3 Å². The average molecular weight is 317 g/mol. The molecule has 0 spiro atoms. The maximum Gasteiger partial charge on any atom is 0.257 e. The van der Waals surface area contributed by atoms with Crippen molar-refractivity contribution in [2.24, 2.45) is 0 Å². The zero-order chi connectivity index (χ0) is 15.7. The van der Waals surface area contributed by atoms with E-state index in [9.17, 15) is 9.59 Å². The largest absolute Gasteiger partial charge is 0.361 e. The van der Waals surface area contributed by atoms with Crippen LogP contribution in [0.3, 0.4) is 0 Å². The number of fused-ring (bicyclic) bond motifs is 1. The van der Waals surface area contributed by atoms with Gasteiger partial charge in [0.05, 0.1) is 17.0 Å². The Balaban J connectivity index is 1.91. The van der Waals surface area contributed by atoms with Gasteiger partial charge in [0.2, 0.25) is 5.91 Å². The van der Waals surface area contributed by atoms with Crippen LogP contribution in [0.5, 0.6) is 0 Å². The summed E-state index contributed by atoms with van der Waals surface area (Å²) in [5.41, 5.74) is 1.46. The SMILES string of the molecule is CCN(C)C(=O)[C@@H]1CSCN1C(=O)c1cccc2cc[nH]c12. The molecule has 1 saturated heterocycles. The minimum atomic E-state index is -0.368. The van der Waals surface area contributed by atoms with Crippen molar-refractivity contribution in [1.29, 1.82) is 0 Å². The van der Waals surface area contributed by atoms with Crippen LogP contribution in [-0.2, 0) is 4.79 Å². The first-order valence-corrected chi connectivity index (χ1v) is 8.48. The van der Waals surface area contributed by atoms with Crippen LogP contribution < -0.4 is 0 Å². The van der Waals surface area contributed by atoms with E-state index in [-0.39, 0.29) is 17.9 Å². The predicted octanol–water partition coefficient (Wildman–Crippen LogP) is 2.16. The Bertz CT molecular complexity index is 712. The van der Waals surface area contributed by atoms with Gasteiger partial charge in [-0.3, -0.25) is 9.59 Å². The van der Waals surface area contributed by atoms with Crippen LogP contribution in [0.25, 0.3) is 10.9 Å². The number of amides is 2. The number of nitrogens with one attached hydrogen (secondary N) is 1. The highest BCUT2D eigenvalue weighted by Crippen LogP contribution is 2.26. The monoisotopic (exact) mass is 317 g/mol. The van der Waals surface area contributed by atoms with Crippen molar-refractivity contribution in [3.8, 4) is 0 Å². The minimum Gasteiger partial charge on any atom is -0.361 e. The Morgan fingerprint density at radius 1 is 1.41 bits per heavy atom. The first-order valence-electron chi connectivity index (χ1n) is 7.33. The number of rotatable bonds is 3. The molecule has 1 aromatic heterocycles. The second-order valence-electron chi connectivity index (χ2n) is 5.39. The van der Waals surface area contributed by atoms with E-state index in [1.54, 1.807) is 28.6 Å². The Morgan fingerprint density at radius 2 is 2.23 bits per heavy atom. The Kier molecular flexibility index (Phi) is 4.11. The second kappa shape index (κ2) is 6.04. The minimum absolute atomic E-state index is 0.0134. The Morgan fingerprint density at radius 3 is 3.00 bits per heavy atom. The van der Waals surface area contributed by atoms with Gasteiger partial charge in [-0.15, -0.1) is 11.8 Å². The number of thioether (sulfide) groups is 1. The van der Waals surface area contributed by atoms with Crippen molar-refractivity contribution in [2.45, 2.75) is 13.0 Å². The highest BCUT2D eigenvalue weighted by atomic mass is 32.2. The van der Waals surface area contributed by atoms with Crippen LogP contribution in [0, 0.1) is 0 Å². The van der Waals surface area contributed by atoms with E-state index in [2.05, 4.69) is 4.98 Å². The summed E-state index contributed by atoms with van der Waals surface area (Å²) in [5.74, 6) is 1.15. The fourth-order valence-electron chi connectivity index (χ4n) is 2.68. The summed E-state index contributed by atoms with van der Waals surface area (Å²) >= 11 is 1.62. The molecule has 0 radical (unpaired) electrons. The number of carbonyl (C=O) groups excluding carboxylic acids is 2. The number of hydrogen-bond donors (Lipinski definition) is 1. The van der Waals surface area contributed by atoms with Crippen LogP contribution in [0.4, 0.5) is 0 Å². The lowest BCUT2D eigenvalue weighted by atomic mass is 10.1. The molecule has 1 fully saturated rings. The number of nitrogens with zero attached hydrogens (tertiary/aromatic N) is 2. The summed E-state index contributed by atoms with van der Waals surface area (Å²) in [6.45, 7) is 2.58. The molecule has 0 aliphatic carbocycles. The van der Waals surface area contributed by atoms with E-state index in [1.807, 2.05) is 37.4 Å². The van der Waals surface area contributed by atoms with Crippen LogP contribution >= 0.6 is 11.8 Å². The predicted molar refractivity (Wildman–Crippen MR) is 88.9 cm³/mol. The third-order valence-corrected chi connectivity index (χ3v) is 5.11. The average Bonchev–Trinajstić information content (AvgIpc) is 3.20. The van der Waals surface area contributed by atoms with Gasteiger partial charge in [0, 0.05) is 30.9 Å². The van der Waals surface area contributed by atoms with Gasteiger partial charge in [-0.1, -0.05) is 12.1 Å². The number of aromatic amines is 1. The number of hydrogen-bond acceptors (Lipinski definition) is 3. The molecule has 0 unspecified atom stereocenters. The van der Waals surface area contributed by atoms with Gasteiger partial charge >= 0.3 is 0 Å². The first kappa shape index (κ1) is 15.0. The zero-order valence-electron chi connectivity index (χ0n) is 12.7. The molecule has 0 bridgehead atoms. The molecule has 6 heteroatoms. The van der Waals surface area contributed by atoms with Gasteiger partial charge in [0.15, 0.2) is 0 Å². The van der Waals surface area contributed by atoms with Crippen molar-refractivity contribution in [2.75, 3.05) is 25.2 Å². The van der Waals surface area contributed by atoms with Crippen molar-refractivity contribution >= 4 is 34.5 Å². The lowest BCUT2D eigenvalue weighted by Gasteiger charge is -2.26. The summed E-state index contributed by atoms with van der Waals surface area (Å²) in [4.78, 5) is 31.8. The Labute approximate surface area is 133 Å². The van der Waals surface area contributed by atoms with E-state index in [0.717, 1.165) is 10.9 Å². The molecule has 1 N–H and O–H groups in total. The highest BCUT2D eigenvalue weighted by Gasteiger charge is 2.36. The third kappa shape index (κ3) is 2.47. The topological polar surface area (TPSA) is 56.4 Å². The van der Waals surface area contributed by atoms with Gasteiger partial charge in [-0.05, 0) is 19.1 Å². The summed E-state index contributed by atoms with van der Waals surface area (Å²) in [5, 5.41) is 1.01. The lowest BCUT2D eigenvalue weighted by Crippen LogP contribution is -2.47. The van der Waals surface area contributed by atoms with Gasteiger partial charge in [0.1, 0.15) is 6.04 Å². The zero-order valence-corrected chi connectivity index (χ0v) is 13.5. The maximum absolute atomic E-state index is 12.9. The van der Waals surface area contributed by atoms with Crippen LogP contribution in [0.2, 0.25) is 0 Å². The van der Waals surface area contributed by atoms with Crippen molar-refractivity contribution in [3.05, 3.63) is 36.0 Å². The summed E-state index contributed by atoms with van der Waals surface area (Å²) < 4.78 is 0. The molecule has 2 amide bonds. The molecular formula is C16H19N3O2S. The molecule has 2 heterocycles. The van der Waals surface area contributed by atoms with E-state index in [0.29, 0.717) is 23.7 Å². The number of para-hydroxylation sites is 1. The van der Waals surface area contributed by atoms with Crippen molar-refractivity contribution in [3.63, 3.8) is 0 Å².